The van der Waals surface area contributed by atoms with Gasteiger partial charge in [-0.2, -0.15) is 0 Å². The first-order valence-corrected chi connectivity index (χ1v) is 7.61. The molecule has 5 nitrogen and oxygen atoms in total. The van der Waals surface area contributed by atoms with Gasteiger partial charge in [-0.05, 0) is 11.6 Å². The van der Waals surface area contributed by atoms with Gasteiger partial charge in [0.2, 0.25) is 0 Å². The van der Waals surface area contributed by atoms with E-state index in [1.54, 1.807) is 13.2 Å². The van der Waals surface area contributed by atoms with Gasteiger partial charge in [0, 0.05) is 50.6 Å². The molecule has 1 aromatic heterocycles. The minimum absolute atomic E-state index is 0. The summed E-state index contributed by atoms with van der Waals surface area (Å²) in [4.78, 5) is 10.5. The number of aliphatic imine (C=N–C) groups is 1. The van der Waals surface area contributed by atoms with Gasteiger partial charge in [-0.3, -0.25) is 4.99 Å². The normalized spacial score (nSPS) is 11.0. The van der Waals surface area contributed by atoms with E-state index in [-0.39, 0.29) is 24.0 Å². The number of rotatable bonds is 5. The van der Waals surface area contributed by atoms with E-state index >= 15 is 0 Å². The predicted octanol–water partition coefficient (Wildman–Crippen LogP) is 2.97. The van der Waals surface area contributed by atoms with Crippen molar-refractivity contribution in [3.63, 3.8) is 0 Å². The molecule has 1 N–H and O–H groups in total. The van der Waals surface area contributed by atoms with Gasteiger partial charge in [-0.25, -0.2) is 4.98 Å². The number of hydrogen-bond acceptors (Lipinski definition) is 2. The lowest BCUT2D eigenvalue weighted by atomic mass is 10.2. The number of imidazole rings is 1. The molecular formula is C15H21BrIN5. The van der Waals surface area contributed by atoms with Crippen LogP contribution in [-0.2, 0) is 13.1 Å². The van der Waals surface area contributed by atoms with Crippen LogP contribution in [0.15, 0.2) is 52.5 Å². The average Bonchev–Trinajstić information content (AvgIpc) is 2.99. The van der Waals surface area contributed by atoms with E-state index in [1.807, 2.05) is 36.3 Å². The molecule has 0 saturated carbocycles. The summed E-state index contributed by atoms with van der Waals surface area (Å²) in [7, 11) is 3.84. The standard InChI is InChI=1S/C15H20BrN5.HI/c1-17-15(19-8-10-21-9-7-18-12-21)20(2)11-13-5-3-4-6-14(13)16;/h3-7,9,12H,8,10-11H2,1-2H3,(H,17,19);1H. The van der Waals surface area contributed by atoms with E-state index < -0.39 is 0 Å². The quantitative estimate of drug-likeness (QED) is 0.409. The van der Waals surface area contributed by atoms with Crippen LogP contribution in [0.1, 0.15) is 5.56 Å². The van der Waals surface area contributed by atoms with Crippen LogP contribution in [0.3, 0.4) is 0 Å². The summed E-state index contributed by atoms with van der Waals surface area (Å²) in [6, 6.07) is 8.23. The topological polar surface area (TPSA) is 45.5 Å². The minimum atomic E-state index is 0. The molecule has 2 rings (SSSR count). The molecule has 120 valence electrons. The molecule has 0 aliphatic rings. The molecule has 0 unspecified atom stereocenters. The zero-order valence-corrected chi connectivity index (χ0v) is 16.7. The molecule has 0 fully saturated rings. The highest BCUT2D eigenvalue weighted by Gasteiger charge is 2.08. The lowest BCUT2D eigenvalue weighted by Gasteiger charge is -2.22. The Kier molecular flexibility index (Phi) is 8.47. The second-order valence-electron chi connectivity index (χ2n) is 4.72. The Balaban J connectivity index is 0.00000242. The highest BCUT2D eigenvalue weighted by Crippen LogP contribution is 2.17. The first kappa shape index (κ1) is 19.0. The Morgan fingerprint density at radius 1 is 1.41 bits per heavy atom. The van der Waals surface area contributed by atoms with Gasteiger partial charge < -0.3 is 14.8 Å². The smallest absolute Gasteiger partial charge is 0.193 e. The Morgan fingerprint density at radius 2 is 2.18 bits per heavy atom. The fourth-order valence-electron chi connectivity index (χ4n) is 2.06. The Hall–Kier alpha value is -1.09. The van der Waals surface area contributed by atoms with Crippen LogP contribution in [0, 0.1) is 0 Å². The predicted molar refractivity (Wildman–Crippen MR) is 105 cm³/mol. The third-order valence-corrected chi connectivity index (χ3v) is 3.92. The Morgan fingerprint density at radius 3 is 2.82 bits per heavy atom. The molecule has 0 radical (unpaired) electrons. The Bertz CT molecular complexity index is 585. The van der Waals surface area contributed by atoms with Gasteiger partial charge in [-0.15, -0.1) is 24.0 Å². The van der Waals surface area contributed by atoms with Crippen molar-refractivity contribution in [2.45, 2.75) is 13.1 Å². The van der Waals surface area contributed by atoms with Crippen LogP contribution in [0.2, 0.25) is 0 Å². The van der Waals surface area contributed by atoms with Crippen molar-refractivity contribution in [1.82, 2.24) is 19.8 Å². The summed E-state index contributed by atoms with van der Waals surface area (Å²) in [5.74, 6) is 0.880. The summed E-state index contributed by atoms with van der Waals surface area (Å²) in [6.07, 6.45) is 5.55. The second kappa shape index (κ2) is 9.83. The van der Waals surface area contributed by atoms with Crippen LogP contribution in [0.4, 0.5) is 0 Å². The summed E-state index contributed by atoms with van der Waals surface area (Å²) >= 11 is 3.58. The van der Waals surface area contributed by atoms with Crippen molar-refractivity contribution >= 4 is 45.9 Å². The number of nitrogens with one attached hydrogen (secondary N) is 1. The van der Waals surface area contributed by atoms with Crippen LogP contribution >= 0.6 is 39.9 Å². The Labute approximate surface area is 157 Å². The molecule has 0 saturated heterocycles. The van der Waals surface area contributed by atoms with Crippen LogP contribution in [0.5, 0.6) is 0 Å². The van der Waals surface area contributed by atoms with E-state index in [2.05, 4.69) is 48.3 Å². The SMILES string of the molecule is CN=C(NCCn1ccnc1)N(C)Cc1ccccc1Br.I. The van der Waals surface area contributed by atoms with E-state index in [0.717, 1.165) is 30.1 Å². The first-order chi connectivity index (χ1) is 10.2. The molecule has 7 heteroatoms. The number of nitrogens with zero attached hydrogens (tertiary/aromatic N) is 4. The van der Waals surface area contributed by atoms with E-state index in [4.69, 9.17) is 0 Å². The number of benzene rings is 1. The monoisotopic (exact) mass is 477 g/mol. The lowest BCUT2D eigenvalue weighted by molar-refractivity contribution is 0.472. The third-order valence-electron chi connectivity index (χ3n) is 3.15. The zero-order valence-electron chi connectivity index (χ0n) is 12.7. The van der Waals surface area contributed by atoms with Crippen molar-refractivity contribution in [2.24, 2.45) is 4.99 Å². The largest absolute Gasteiger partial charge is 0.354 e. The van der Waals surface area contributed by atoms with Crippen molar-refractivity contribution in [3.05, 3.63) is 53.0 Å². The molecule has 0 aliphatic heterocycles. The highest BCUT2D eigenvalue weighted by atomic mass is 127. The first-order valence-electron chi connectivity index (χ1n) is 6.81. The molecule has 22 heavy (non-hydrogen) atoms. The average molecular weight is 478 g/mol. The molecule has 0 atom stereocenters. The van der Waals surface area contributed by atoms with Gasteiger partial charge in [0.1, 0.15) is 0 Å². The van der Waals surface area contributed by atoms with Crippen molar-refractivity contribution in [2.75, 3.05) is 20.6 Å². The summed E-state index contributed by atoms with van der Waals surface area (Å²) in [5.41, 5.74) is 1.23. The summed E-state index contributed by atoms with van der Waals surface area (Å²) < 4.78 is 3.15. The van der Waals surface area contributed by atoms with Crippen LogP contribution in [-0.4, -0.2) is 41.1 Å². The molecule has 1 aromatic carbocycles. The minimum Gasteiger partial charge on any atom is -0.354 e. The maximum Gasteiger partial charge on any atom is 0.193 e. The number of halogens is 2. The van der Waals surface area contributed by atoms with Gasteiger partial charge >= 0.3 is 0 Å². The van der Waals surface area contributed by atoms with Crippen molar-refractivity contribution < 1.29 is 0 Å². The number of aromatic nitrogens is 2. The van der Waals surface area contributed by atoms with E-state index in [0.29, 0.717) is 0 Å². The summed E-state index contributed by atoms with van der Waals surface area (Å²) in [6.45, 7) is 2.47. The maximum atomic E-state index is 4.32. The van der Waals surface area contributed by atoms with E-state index in [9.17, 15) is 0 Å². The van der Waals surface area contributed by atoms with Crippen LogP contribution in [0.25, 0.3) is 0 Å². The zero-order chi connectivity index (χ0) is 15.1. The fraction of sp³-hybridized carbons (Fsp3) is 0.333. The number of guanidine groups is 1. The molecular weight excluding hydrogens is 457 g/mol. The molecule has 2 aromatic rings. The van der Waals surface area contributed by atoms with Gasteiger partial charge in [0.15, 0.2) is 5.96 Å². The second-order valence-corrected chi connectivity index (χ2v) is 5.58. The molecule has 0 spiro atoms. The highest BCUT2D eigenvalue weighted by molar-refractivity contribution is 14.0. The molecule has 0 amide bonds. The maximum absolute atomic E-state index is 4.32. The van der Waals surface area contributed by atoms with Gasteiger partial charge in [0.25, 0.3) is 0 Å². The van der Waals surface area contributed by atoms with Gasteiger partial charge in [-0.1, -0.05) is 34.1 Å². The van der Waals surface area contributed by atoms with Crippen molar-refractivity contribution in [3.8, 4) is 0 Å². The molecule has 0 aliphatic carbocycles. The lowest BCUT2D eigenvalue weighted by Crippen LogP contribution is -2.39. The fourth-order valence-corrected chi connectivity index (χ4v) is 2.47. The van der Waals surface area contributed by atoms with Gasteiger partial charge in [0.05, 0.1) is 6.33 Å². The number of hydrogen-bond donors (Lipinski definition) is 1. The van der Waals surface area contributed by atoms with Crippen molar-refractivity contribution in [1.29, 1.82) is 0 Å². The third kappa shape index (κ3) is 5.60. The summed E-state index contributed by atoms with van der Waals surface area (Å²) in [5, 5.41) is 3.36. The molecule has 1 heterocycles. The van der Waals surface area contributed by atoms with E-state index in [1.165, 1.54) is 5.56 Å². The van der Waals surface area contributed by atoms with Crippen LogP contribution < -0.4 is 5.32 Å². The molecule has 0 bridgehead atoms.